The van der Waals surface area contributed by atoms with Crippen LogP contribution in [0.5, 0.6) is 11.6 Å². The molecule has 0 aliphatic rings. The van der Waals surface area contributed by atoms with Crippen molar-refractivity contribution in [3.63, 3.8) is 0 Å². The monoisotopic (exact) mass is 309 g/mol. The first-order valence-corrected chi connectivity index (χ1v) is 5.08. The van der Waals surface area contributed by atoms with Crippen LogP contribution in [-0.2, 0) is 12.1 Å². The summed E-state index contributed by atoms with van der Waals surface area (Å²) in [7, 11) is 0.867. The normalized spacial score (nSPS) is 12.4. The first-order valence-electron chi connectivity index (χ1n) is 4.55. The summed E-state index contributed by atoms with van der Waals surface area (Å²) in [5, 5.41) is 0. The second-order valence-electron chi connectivity index (χ2n) is 3.18. The van der Waals surface area contributed by atoms with Crippen LogP contribution in [0.15, 0.2) is 6.20 Å². The van der Waals surface area contributed by atoms with Gasteiger partial charge in [-0.3, -0.25) is 0 Å². The minimum absolute atomic E-state index is 0.644. The largest absolute Gasteiger partial charge is 0.573 e. The third-order valence-corrected chi connectivity index (χ3v) is 2.21. The third kappa shape index (κ3) is 3.79. The molecule has 0 N–H and O–H groups in total. The van der Waals surface area contributed by atoms with Crippen LogP contribution in [0.3, 0.4) is 0 Å². The molecule has 0 bridgehead atoms. The first-order chi connectivity index (χ1) is 8.60. The number of hydrogen-bond donors (Lipinski definition) is 0. The second-order valence-corrected chi connectivity index (χ2v) is 3.44. The molecule has 3 nitrogen and oxygen atoms in total. The number of aromatic nitrogens is 1. The Hall–Kier alpha value is -1.38. The van der Waals surface area contributed by atoms with Crippen molar-refractivity contribution in [2.24, 2.45) is 0 Å². The third-order valence-electron chi connectivity index (χ3n) is 1.92. The van der Waals surface area contributed by atoms with Crippen LogP contribution < -0.4 is 9.47 Å². The number of hydrogen-bond acceptors (Lipinski definition) is 3. The van der Waals surface area contributed by atoms with E-state index >= 15 is 0 Å². The number of rotatable bonds is 3. The van der Waals surface area contributed by atoms with Gasteiger partial charge in [-0.1, -0.05) is 0 Å². The summed E-state index contributed by atoms with van der Waals surface area (Å²) < 4.78 is 82.6. The minimum atomic E-state index is -5.32. The standard InChI is InChI=1S/C9H6ClF6NO2/c1-18-7-6(19-9(14,15)16)5(8(11,12)13)4(2-10)3-17-7/h3H,2H2,1H3. The Balaban J connectivity index is 3.53. The molecule has 1 rings (SSSR count). The maximum absolute atomic E-state index is 12.8. The second kappa shape index (κ2) is 5.32. The fourth-order valence-electron chi connectivity index (χ4n) is 1.28. The number of ether oxygens (including phenoxy) is 2. The maximum atomic E-state index is 12.8. The minimum Gasteiger partial charge on any atom is -0.478 e. The summed E-state index contributed by atoms with van der Waals surface area (Å²) in [6.45, 7) is 0. The Morgan fingerprint density at radius 3 is 2.16 bits per heavy atom. The van der Waals surface area contributed by atoms with Crippen molar-refractivity contribution in [1.82, 2.24) is 4.98 Å². The molecule has 0 saturated carbocycles. The Bertz CT molecular complexity index is 459. The van der Waals surface area contributed by atoms with Gasteiger partial charge in [0.05, 0.1) is 7.11 Å². The summed E-state index contributed by atoms with van der Waals surface area (Å²) in [6, 6.07) is 0. The lowest BCUT2D eigenvalue weighted by molar-refractivity contribution is -0.276. The molecule has 0 atom stereocenters. The molecule has 0 fully saturated rings. The zero-order valence-corrected chi connectivity index (χ0v) is 9.95. The number of methoxy groups -OCH3 is 1. The van der Waals surface area contributed by atoms with E-state index in [1.807, 2.05) is 0 Å². The van der Waals surface area contributed by atoms with E-state index in [1.165, 1.54) is 0 Å². The first kappa shape index (κ1) is 15.7. The quantitative estimate of drug-likeness (QED) is 0.629. The highest BCUT2D eigenvalue weighted by molar-refractivity contribution is 6.17. The van der Waals surface area contributed by atoms with E-state index in [1.54, 1.807) is 0 Å². The Labute approximate surface area is 108 Å². The van der Waals surface area contributed by atoms with Crippen LogP contribution >= 0.6 is 11.6 Å². The maximum Gasteiger partial charge on any atom is 0.573 e. The lowest BCUT2D eigenvalue weighted by Gasteiger charge is -2.19. The average Bonchev–Trinajstić information content (AvgIpc) is 2.24. The van der Waals surface area contributed by atoms with Gasteiger partial charge in [0.2, 0.25) is 5.75 Å². The zero-order valence-electron chi connectivity index (χ0n) is 9.19. The zero-order chi connectivity index (χ0) is 14.8. The summed E-state index contributed by atoms with van der Waals surface area (Å²) in [6.07, 6.45) is -9.74. The number of halogens is 7. The van der Waals surface area contributed by atoms with E-state index in [4.69, 9.17) is 11.6 Å². The van der Waals surface area contributed by atoms with Crippen molar-refractivity contribution in [3.8, 4) is 11.6 Å². The lowest BCUT2D eigenvalue weighted by atomic mass is 10.1. The van der Waals surface area contributed by atoms with E-state index in [2.05, 4.69) is 14.5 Å². The van der Waals surface area contributed by atoms with Gasteiger partial charge in [-0.15, -0.1) is 24.8 Å². The van der Waals surface area contributed by atoms with E-state index in [0.717, 1.165) is 7.11 Å². The Kier molecular flexibility index (Phi) is 4.39. The topological polar surface area (TPSA) is 31.4 Å². The molecule has 19 heavy (non-hydrogen) atoms. The number of alkyl halides is 7. The lowest BCUT2D eigenvalue weighted by Crippen LogP contribution is -2.22. The van der Waals surface area contributed by atoms with Gasteiger partial charge in [-0.2, -0.15) is 13.2 Å². The molecule has 0 saturated heterocycles. The van der Waals surface area contributed by atoms with Gasteiger partial charge in [0.25, 0.3) is 5.88 Å². The van der Waals surface area contributed by atoms with Gasteiger partial charge in [-0.25, -0.2) is 4.98 Å². The van der Waals surface area contributed by atoms with Crippen LogP contribution in [-0.4, -0.2) is 18.5 Å². The Morgan fingerprint density at radius 1 is 1.21 bits per heavy atom. The van der Waals surface area contributed by atoms with Crippen LogP contribution in [0, 0.1) is 0 Å². The molecule has 108 valence electrons. The van der Waals surface area contributed by atoms with Crippen LogP contribution in [0.4, 0.5) is 26.3 Å². The highest BCUT2D eigenvalue weighted by Crippen LogP contribution is 2.44. The van der Waals surface area contributed by atoms with E-state index in [9.17, 15) is 26.3 Å². The summed E-state index contributed by atoms with van der Waals surface area (Å²) in [4.78, 5) is 3.29. The van der Waals surface area contributed by atoms with Crippen LogP contribution in [0.1, 0.15) is 11.1 Å². The van der Waals surface area contributed by atoms with Crippen molar-refractivity contribution >= 4 is 11.6 Å². The fraction of sp³-hybridized carbons (Fsp3) is 0.444. The highest BCUT2D eigenvalue weighted by Gasteiger charge is 2.43. The van der Waals surface area contributed by atoms with Crippen molar-refractivity contribution in [3.05, 3.63) is 17.3 Å². The molecule has 0 spiro atoms. The molecule has 0 aliphatic heterocycles. The van der Waals surface area contributed by atoms with E-state index < -0.39 is 41.2 Å². The number of nitrogens with zero attached hydrogens (tertiary/aromatic N) is 1. The van der Waals surface area contributed by atoms with Gasteiger partial charge in [0.15, 0.2) is 0 Å². The highest BCUT2D eigenvalue weighted by atomic mass is 35.5. The van der Waals surface area contributed by atoms with Gasteiger partial charge < -0.3 is 9.47 Å². The molecular weight excluding hydrogens is 304 g/mol. The van der Waals surface area contributed by atoms with Crippen molar-refractivity contribution in [2.75, 3.05) is 7.11 Å². The predicted octanol–water partition coefficient (Wildman–Crippen LogP) is 3.75. The molecule has 1 aromatic rings. The summed E-state index contributed by atoms with van der Waals surface area (Å²) in [5.74, 6) is -3.17. The van der Waals surface area contributed by atoms with Crippen molar-refractivity contribution < 1.29 is 35.8 Å². The molecule has 1 heterocycles. The van der Waals surface area contributed by atoms with Gasteiger partial charge in [-0.05, 0) is 0 Å². The average molecular weight is 310 g/mol. The molecule has 1 aromatic heterocycles. The van der Waals surface area contributed by atoms with Crippen molar-refractivity contribution in [1.29, 1.82) is 0 Å². The molecular formula is C9H6ClF6NO2. The molecule has 0 aromatic carbocycles. The molecule has 0 aliphatic carbocycles. The van der Waals surface area contributed by atoms with Crippen molar-refractivity contribution in [2.45, 2.75) is 18.4 Å². The molecule has 0 radical (unpaired) electrons. The van der Waals surface area contributed by atoms with E-state index in [0.29, 0.717) is 6.20 Å². The van der Waals surface area contributed by atoms with Gasteiger partial charge >= 0.3 is 12.5 Å². The number of pyridine rings is 1. The van der Waals surface area contributed by atoms with E-state index in [-0.39, 0.29) is 0 Å². The van der Waals surface area contributed by atoms with Gasteiger partial charge in [0.1, 0.15) is 5.56 Å². The van der Waals surface area contributed by atoms with Crippen LogP contribution in [0.25, 0.3) is 0 Å². The SMILES string of the molecule is COc1ncc(CCl)c(C(F)(F)F)c1OC(F)(F)F. The summed E-state index contributed by atoms with van der Waals surface area (Å²) >= 11 is 5.26. The predicted molar refractivity (Wildman–Crippen MR) is 52.0 cm³/mol. The summed E-state index contributed by atoms with van der Waals surface area (Å²) in [5.41, 5.74) is -2.30. The fourth-order valence-corrected chi connectivity index (χ4v) is 1.48. The smallest absolute Gasteiger partial charge is 0.478 e. The Morgan fingerprint density at radius 2 is 1.79 bits per heavy atom. The molecule has 0 unspecified atom stereocenters. The molecule has 0 amide bonds. The van der Waals surface area contributed by atoms with Gasteiger partial charge in [0, 0.05) is 17.6 Å². The molecule has 10 heteroatoms. The van der Waals surface area contributed by atoms with Crippen LogP contribution in [0.2, 0.25) is 0 Å².